The summed E-state index contributed by atoms with van der Waals surface area (Å²) in [6.07, 6.45) is 73.2. The van der Waals surface area contributed by atoms with E-state index in [4.69, 9.17) is 14.2 Å². The van der Waals surface area contributed by atoms with Gasteiger partial charge in [-0.25, -0.2) is 0 Å². The summed E-state index contributed by atoms with van der Waals surface area (Å²) in [4.78, 5) is 38.2. The topological polar surface area (TPSA) is 78.9 Å². The molecule has 0 aromatic carbocycles. The summed E-state index contributed by atoms with van der Waals surface area (Å²) in [7, 11) is 0. The second-order valence-electron chi connectivity index (χ2n) is 19.5. The number of unbranched alkanes of at least 4 members (excludes halogenated alkanes) is 30. The summed E-state index contributed by atoms with van der Waals surface area (Å²) in [5.74, 6) is -0.888. The fraction of sp³-hybridized carbons (Fsp3) is 0.762. The maximum Gasteiger partial charge on any atom is 0.306 e. The van der Waals surface area contributed by atoms with Crippen molar-refractivity contribution in [2.24, 2.45) is 0 Å². The van der Waals surface area contributed by atoms with Crippen LogP contribution in [0.2, 0.25) is 0 Å². The van der Waals surface area contributed by atoms with Crippen molar-refractivity contribution in [3.05, 3.63) is 72.9 Å². The molecule has 0 heterocycles. The van der Waals surface area contributed by atoms with Gasteiger partial charge in [0.2, 0.25) is 0 Å². The van der Waals surface area contributed by atoms with Gasteiger partial charge in [0, 0.05) is 19.3 Å². The first-order chi connectivity index (χ1) is 34.0. The van der Waals surface area contributed by atoms with E-state index in [0.717, 1.165) is 109 Å². The Morgan fingerprint density at radius 2 is 0.580 bits per heavy atom. The Kier molecular flexibility index (Phi) is 54.8. The van der Waals surface area contributed by atoms with Crippen molar-refractivity contribution >= 4 is 17.9 Å². The molecule has 0 saturated heterocycles. The van der Waals surface area contributed by atoms with Gasteiger partial charge >= 0.3 is 17.9 Å². The molecule has 0 rings (SSSR count). The average Bonchev–Trinajstić information content (AvgIpc) is 3.35. The van der Waals surface area contributed by atoms with Crippen LogP contribution in [0.15, 0.2) is 72.9 Å². The highest BCUT2D eigenvalue weighted by Crippen LogP contribution is 2.16. The molecule has 0 saturated carbocycles. The number of allylic oxidation sites excluding steroid dienone is 12. The third-order valence-electron chi connectivity index (χ3n) is 12.7. The molecule has 398 valence electrons. The number of hydrogen-bond acceptors (Lipinski definition) is 6. The van der Waals surface area contributed by atoms with Crippen LogP contribution in [0.4, 0.5) is 0 Å². The molecule has 0 aromatic heterocycles. The standard InChI is InChI=1S/C63H110O6/c1-4-7-10-13-16-19-22-25-28-29-30-31-32-33-34-35-36-39-41-44-47-50-53-56-62(65)68-59-60(69-63(66)57-54-51-48-45-42-38-27-24-21-18-15-12-9-6-3)58-67-61(64)55-52-49-46-43-40-37-26-23-20-17-14-11-8-5-2/h7,10,15-16,18-19,24-25,27-28,30-31,60H,4-6,8-9,11-14,17,20-23,26,29,32-59H2,1-3H3/b10-7-,18-15-,19-16-,27-24-,28-25-,31-30-. The monoisotopic (exact) mass is 963 g/mol. The lowest BCUT2D eigenvalue weighted by Crippen LogP contribution is -2.30. The Bertz CT molecular complexity index is 1290. The first-order valence-corrected chi connectivity index (χ1v) is 29.4. The van der Waals surface area contributed by atoms with Gasteiger partial charge in [0.1, 0.15) is 13.2 Å². The van der Waals surface area contributed by atoms with Gasteiger partial charge in [0.25, 0.3) is 0 Å². The van der Waals surface area contributed by atoms with E-state index in [-0.39, 0.29) is 31.1 Å². The van der Waals surface area contributed by atoms with Crippen LogP contribution in [-0.4, -0.2) is 37.2 Å². The fourth-order valence-electron chi connectivity index (χ4n) is 8.27. The summed E-state index contributed by atoms with van der Waals surface area (Å²) in [5, 5.41) is 0. The van der Waals surface area contributed by atoms with Crippen molar-refractivity contribution in [1.82, 2.24) is 0 Å². The molecule has 0 amide bonds. The van der Waals surface area contributed by atoms with E-state index in [1.807, 2.05) is 0 Å². The van der Waals surface area contributed by atoms with Crippen molar-refractivity contribution < 1.29 is 28.6 Å². The minimum atomic E-state index is -0.783. The van der Waals surface area contributed by atoms with Crippen molar-refractivity contribution in [3.63, 3.8) is 0 Å². The SMILES string of the molecule is CC/C=C\C/C=C\C/C=C\C/C=C\CCCCCCCCCCCCC(=O)OCC(COC(=O)CCCCCCCCCCCCCCCC)OC(=O)CCCCCCC/C=C\C/C=C\CCCC. The molecule has 0 N–H and O–H groups in total. The second-order valence-corrected chi connectivity index (χ2v) is 19.5. The minimum absolute atomic E-state index is 0.0796. The Hall–Kier alpha value is -3.15. The molecular weight excluding hydrogens is 853 g/mol. The number of esters is 3. The zero-order valence-corrected chi connectivity index (χ0v) is 45.6. The van der Waals surface area contributed by atoms with Gasteiger partial charge < -0.3 is 14.2 Å². The van der Waals surface area contributed by atoms with E-state index < -0.39 is 6.10 Å². The molecule has 0 aliphatic rings. The Balaban J connectivity index is 4.32. The van der Waals surface area contributed by atoms with Crippen LogP contribution < -0.4 is 0 Å². The molecule has 0 aromatic rings. The Labute approximate surface area is 427 Å². The van der Waals surface area contributed by atoms with Gasteiger partial charge in [-0.3, -0.25) is 14.4 Å². The van der Waals surface area contributed by atoms with Crippen molar-refractivity contribution in [1.29, 1.82) is 0 Å². The zero-order valence-electron chi connectivity index (χ0n) is 45.6. The second kappa shape index (κ2) is 57.4. The molecule has 6 heteroatoms. The van der Waals surface area contributed by atoms with Crippen molar-refractivity contribution in [3.8, 4) is 0 Å². The number of carbonyl (C=O) groups excluding carboxylic acids is 3. The molecule has 0 spiro atoms. The summed E-state index contributed by atoms with van der Waals surface area (Å²) < 4.78 is 16.9. The lowest BCUT2D eigenvalue weighted by Gasteiger charge is -2.18. The number of rotatable bonds is 53. The van der Waals surface area contributed by atoms with Crippen LogP contribution in [0.3, 0.4) is 0 Å². The highest BCUT2D eigenvalue weighted by molar-refractivity contribution is 5.71. The Morgan fingerprint density at radius 1 is 0.304 bits per heavy atom. The highest BCUT2D eigenvalue weighted by Gasteiger charge is 2.19. The van der Waals surface area contributed by atoms with E-state index in [1.54, 1.807) is 0 Å². The Morgan fingerprint density at radius 3 is 0.928 bits per heavy atom. The molecule has 0 aliphatic heterocycles. The predicted molar refractivity (Wildman–Crippen MR) is 298 cm³/mol. The molecule has 0 radical (unpaired) electrons. The largest absolute Gasteiger partial charge is 0.462 e. The molecule has 6 nitrogen and oxygen atoms in total. The quantitative estimate of drug-likeness (QED) is 0.0262. The molecule has 69 heavy (non-hydrogen) atoms. The summed E-state index contributed by atoms with van der Waals surface area (Å²) in [5.41, 5.74) is 0. The lowest BCUT2D eigenvalue weighted by molar-refractivity contribution is -0.167. The van der Waals surface area contributed by atoms with E-state index in [9.17, 15) is 14.4 Å². The van der Waals surface area contributed by atoms with Crippen LogP contribution in [-0.2, 0) is 28.6 Å². The number of ether oxygens (including phenoxy) is 3. The first-order valence-electron chi connectivity index (χ1n) is 29.4. The van der Waals surface area contributed by atoms with Gasteiger partial charge in [-0.2, -0.15) is 0 Å². The lowest BCUT2D eigenvalue weighted by atomic mass is 10.0. The molecule has 1 unspecified atom stereocenters. The number of hydrogen-bond donors (Lipinski definition) is 0. The maximum atomic E-state index is 12.8. The highest BCUT2D eigenvalue weighted by atomic mass is 16.6. The minimum Gasteiger partial charge on any atom is -0.462 e. The van der Waals surface area contributed by atoms with Crippen LogP contribution >= 0.6 is 0 Å². The molecule has 0 aliphatic carbocycles. The van der Waals surface area contributed by atoms with E-state index in [2.05, 4.69) is 93.7 Å². The van der Waals surface area contributed by atoms with Crippen molar-refractivity contribution in [2.75, 3.05) is 13.2 Å². The van der Waals surface area contributed by atoms with Gasteiger partial charge in [-0.1, -0.05) is 261 Å². The van der Waals surface area contributed by atoms with Crippen LogP contribution in [0.5, 0.6) is 0 Å². The van der Waals surface area contributed by atoms with Gasteiger partial charge in [-0.15, -0.1) is 0 Å². The average molecular weight is 964 g/mol. The smallest absolute Gasteiger partial charge is 0.306 e. The molecular formula is C63H110O6. The molecule has 0 fully saturated rings. The van der Waals surface area contributed by atoms with E-state index >= 15 is 0 Å². The normalized spacial score (nSPS) is 12.6. The number of carbonyl (C=O) groups is 3. The first kappa shape index (κ1) is 65.8. The molecule has 1 atom stereocenters. The predicted octanol–water partition coefficient (Wildman–Crippen LogP) is 19.8. The fourth-order valence-corrected chi connectivity index (χ4v) is 8.27. The third-order valence-corrected chi connectivity index (χ3v) is 12.7. The van der Waals surface area contributed by atoms with Crippen LogP contribution in [0, 0.1) is 0 Å². The molecule has 0 bridgehead atoms. The third kappa shape index (κ3) is 55.6. The van der Waals surface area contributed by atoms with Gasteiger partial charge in [0.05, 0.1) is 0 Å². The summed E-state index contributed by atoms with van der Waals surface area (Å²) >= 11 is 0. The summed E-state index contributed by atoms with van der Waals surface area (Å²) in [6.45, 7) is 6.50. The zero-order chi connectivity index (χ0) is 50.0. The van der Waals surface area contributed by atoms with Crippen molar-refractivity contribution in [2.45, 2.75) is 297 Å². The maximum absolute atomic E-state index is 12.8. The van der Waals surface area contributed by atoms with Gasteiger partial charge in [-0.05, 0) is 83.5 Å². The van der Waals surface area contributed by atoms with Gasteiger partial charge in [0.15, 0.2) is 6.10 Å². The van der Waals surface area contributed by atoms with E-state index in [1.165, 1.54) is 141 Å². The van der Waals surface area contributed by atoms with Crippen LogP contribution in [0.1, 0.15) is 290 Å². The van der Waals surface area contributed by atoms with E-state index in [0.29, 0.717) is 19.3 Å². The summed E-state index contributed by atoms with van der Waals surface area (Å²) in [6, 6.07) is 0. The van der Waals surface area contributed by atoms with Crippen LogP contribution in [0.25, 0.3) is 0 Å².